The van der Waals surface area contributed by atoms with Gasteiger partial charge < -0.3 is 10.1 Å². The third kappa shape index (κ3) is 4.43. The van der Waals surface area contributed by atoms with Gasteiger partial charge >= 0.3 is 0 Å². The number of carbonyl (C=O) groups is 1. The fourth-order valence-corrected chi connectivity index (χ4v) is 3.72. The standard InChI is InChI=1S/C24H23N7O2/c1-31-14-26-24(30-31)17-5-3-6-20(23(17)33-2)28-21-11-16(12-22(32)15-8-9-15)25-13-18(21)19-7-4-10-27-29-19/h3-7,10-11,13-15H,8-9,12H2,1-2H3,(H,25,28). The summed E-state index contributed by atoms with van der Waals surface area (Å²) >= 11 is 0. The average molecular weight is 441 g/mol. The van der Waals surface area contributed by atoms with E-state index in [1.807, 2.05) is 43.4 Å². The number of ether oxygens (including phenoxy) is 1. The van der Waals surface area contributed by atoms with E-state index in [9.17, 15) is 4.79 Å². The maximum atomic E-state index is 12.4. The fourth-order valence-electron chi connectivity index (χ4n) is 3.72. The van der Waals surface area contributed by atoms with Crippen molar-refractivity contribution in [3.8, 4) is 28.4 Å². The molecule has 0 aliphatic heterocycles. The summed E-state index contributed by atoms with van der Waals surface area (Å²) in [6.45, 7) is 0. The van der Waals surface area contributed by atoms with Crippen molar-refractivity contribution in [1.82, 2.24) is 29.9 Å². The number of aryl methyl sites for hydroxylation is 1. The van der Waals surface area contributed by atoms with Crippen LogP contribution in [-0.4, -0.2) is 42.8 Å². The molecular weight excluding hydrogens is 418 g/mol. The molecule has 4 aromatic rings. The number of rotatable bonds is 8. The Bertz CT molecular complexity index is 1300. The Morgan fingerprint density at radius 2 is 2.03 bits per heavy atom. The van der Waals surface area contributed by atoms with Gasteiger partial charge in [-0.2, -0.15) is 15.3 Å². The van der Waals surface area contributed by atoms with E-state index in [-0.39, 0.29) is 11.7 Å². The first kappa shape index (κ1) is 20.7. The molecule has 1 aliphatic carbocycles. The second-order valence-corrected chi connectivity index (χ2v) is 8.00. The predicted molar refractivity (Wildman–Crippen MR) is 123 cm³/mol. The molecule has 9 nitrogen and oxygen atoms in total. The molecule has 0 bridgehead atoms. The van der Waals surface area contributed by atoms with E-state index in [2.05, 4.69) is 30.6 Å². The van der Waals surface area contributed by atoms with Crippen LogP contribution in [0.25, 0.3) is 22.6 Å². The summed E-state index contributed by atoms with van der Waals surface area (Å²) in [7, 11) is 3.43. The Labute approximate surface area is 190 Å². The van der Waals surface area contributed by atoms with E-state index < -0.39 is 0 Å². The van der Waals surface area contributed by atoms with Crippen molar-refractivity contribution in [1.29, 1.82) is 0 Å². The molecule has 1 aliphatic rings. The summed E-state index contributed by atoms with van der Waals surface area (Å²) in [5.41, 5.74) is 4.42. The first-order valence-electron chi connectivity index (χ1n) is 10.7. The quantitative estimate of drug-likeness (QED) is 0.442. The van der Waals surface area contributed by atoms with Crippen LogP contribution < -0.4 is 10.1 Å². The van der Waals surface area contributed by atoms with E-state index in [0.29, 0.717) is 29.4 Å². The van der Waals surface area contributed by atoms with Crippen molar-refractivity contribution in [2.24, 2.45) is 13.0 Å². The van der Waals surface area contributed by atoms with Crippen LogP contribution >= 0.6 is 0 Å². The molecule has 1 saturated carbocycles. The first-order chi connectivity index (χ1) is 16.1. The number of para-hydroxylation sites is 1. The molecule has 166 valence electrons. The maximum Gasteiger partial charge on any atom is 0.184 e. The summed E-state index contributed by atoms with van der Waals surface area (Å²) in [5.74, 6) is 1.60. The van der Waals surface area contributed by atoms with Crippen molar-refractivity contribution < 1.29 is 9.53 Å². The SMILES string of the molecule is COc1c(Nc2cc(CC(=O)C3CC3)ncc2-c2cccnn2)cccc1-c1ncn(C)n1. The van der Waals surface area contributed by atoms with Crippen molar-refractivity contribution in [3.05, 3.63) is 60.8 Å². The van der Waals surface area contributed by atoms with Gasteiger partial charge in [0.15, 0.2) is 11.6 Å². The van der Waals surface area contributed by atoms with Crippen molar-refractivity contribution >= 4 is 17.2 Å². The number of hydrogen-bond acceptors (Lipinski definition) is 8. The normalized spacial score (nSPS) is 13.0. The average Bonchev–Trinajstić information content (AvgIpc) is 3.60. The highest BCUT2D eigenvalue weighted by atomic mass is 16.5. The van der Waals surface area contributed by atoms with Gasteiger partial charge in [0.05, 0.1) is 29.7 Å². The molecule has 1 fully saturated rings. The van der Waals surface area contributed by atoms with Crippen molar-refractivity contribution in [2.45, 2.75) is 19.3 Å². The lowest BCUT2D eigenvalue weighted by molar-refractivity contribution is -0.119. The second kappa shape index (κ2) is 8.78. The number of hydrogen-bond donors (Lipinski definition) is 1. The topological polar surface area (TPSA) is 108 Å². The van der Waals surface area contributed by atoms with Crippen molar-refractivity contribution in [3.63, 3.8) is 0 Å². The van der Waals surface area contributed by atoms with Crippen LogP contribution in [0.4, 0.5) is 11.4 Å². The molecule has 1 aromatic carbocycles. The Kier molecular flexibility index (Phi) is 5.52. The maximum absolute atomic E-state index is 12.4. The van der Waals surface area contributed by atoms with Crippen LogP contribution in [0.5, 0.6) is 5.75 Å². The minimum atomic E-state index is 0.186. The number of benzene rings is 1. The lowest BCUT2D eigenvalue weighted by Crippen LogP contribution is -2.07. The third-order valence-corrected chi connectivity index (χ3v) is 5.53. The summed E-state index contributed by atoms with van der Waals surface area (Å²) in [6.07, 6.45) is 7.28. The van der Waals surface area contributed by atoms with Gasteiger partial charge in [0, 0.05) is 43.0 Å². The highest BCUT2D eigenvalue weighted by Crippen LogP contribution is 2.38. The number of carbonyl (C=O) groups excluding carboxylic acids is 1. The molecule has 3 aromatic heterocycles. The van der Waals surface area contributed by atoms with Crippen LogP contribution in [-0.2, 0) is 18.3 Å². The predicted octanol–water partition coefficient (Wildman–Crippen LogP) is 3.61. The number of methoxy groups -OCH3 is 1. The van der Waals surface area contributed by atoms with Gasteiger partial charge in [-0.3, -0.25) is 14.5 Å². The van der Waals surface area contributed by atoms with E-state index >= 15 is 0 Å². The van der Waals surface area contributed by atoms with Gasteiger partial charge in [-0.05, 0) is 43.2 Å². The zero-order chi connectivity index (χ0) is 22.8. The highest BCUT2D eigenvalue weighted by molar-refractivity contribution is 5.87. The minimum Gasteiger partial charge on any atom is -0.494 e. The number of aromatic nitrogens is 6. The molecule has 1 N–H and O–H groups in total. The van der Waals surface area contributed by atoms with Gasteiger partial charge in [-0.1, -0.05) is 6.07 Å². The van der Waals surface area contributed by atoms with Crippen molar-refractivity contribution in [2.75, 3.05) is 12.4 Å². The molecule has 0 radical (unpaired) electrons. The Morgan fingerprint density at radius 3 is 2.73 bits per heavy atom. The number of nitrogens with one attached hydrogen (secondary N) is 1. The van der Waals surface area contributed by atoms with Crippen LogP contribution in [0.3, 0.4) is 0 Å². The lowest BCUT2D eigenvalue weighted by Gasteiger charge is -2.17. The van der Waals surface area contributed by atoms with Gasteiger partial charge in [0.25, 0.3) is 0 Å². The van der Waals surface area contributed by atoms with Gasteiger partial charge in [-0.15, -0.1) is 0 Å². The molecular formula is C24H23N7O2. The minimum absolute atomic E-state index is 0.186. The van der Waals surface area contributed by atoms with E-state index in [0.717, 1.165) is 35.3 Å². The lowest BCUT2D eigenvalue weighted by atomic mass is 10.1. The summed E-state index contributed by atoms with van der Waals surface area (Å²) in [5, 5.41) is 16.1. The summed E-state index contributed by atoms with van der Waals surface area (Å²) < 4.78 is 7.39. The van der Waals surface area contributed by atoms with E-state index in [1.165, 1.54) is 0 Å². The summed E-state index contributed by atoms with van der Waals surface area (Å²) in [4.78, 5) is 21.3. The highest BCUT2D eigenvalue weighted by Gasteiger charge is 2.29. The molecule has 0 amide bonds. The van der Waals surface area contributed by atoms with Crippen LogP contribution in [0.15, 0.2) is 55.1 Å². The number of ketones is 1. The van der Waals surface area contributed by atoms with E-state index in [4.69, 9.17) is 4.74 Å². The molecule has 5 rings (SSSR count). The molecule has 3 heterocycles. The van der Waals surface area contributed by atoms with E-state index in [1.54, 1.807) is 30.5 Å². The van der Waals surface area contributed by atoms with Gasteiger partial charge in [0.2, 0.25) is 0 Å². The Balaban J connectivity index is 1.55. The molecule has 0 atom stereocenters. The second-order valence-electron chi connectivity index (χ2n) is 8.00. The summed E-state index contributed by atoms with van der Waals surface area (Å²) in [6, 6.07) is 11.3. The molecule has 9 heteroatoms. The van der Waals surface area contributed by atoms with Crippen LogP contribution in [0, 0.1) is 5.92 Å². The molecule has 0 spiro atoms. The van der Waals surface area contributed by atoms with Crippen LogP contribution in [0.1, 0.15) is 18.5 Å². The fraction of sp³-hybridized carbons (Fsp3) is 0.250. The largest absolute Gasteiger partial charge is 0.494 e. The number of anilines is 2. The Morgan fingerprint density at radius 1 is 1.15 bits per heavy atom. The van der Waals surface area contributed by atoms with Gasteiger partial charge in [-0.25, -0.2) is 4.98 Å². The Hall–Kier alpha value is -4.14. The zero-order valence-corrected chi connectivity index (χ0v) is 18.4. The monoisotopic (exact) mass is 441 g/mol. The smallest absolute Gasteiger partial charge is 0.184 e. The number of Topliss-reactive ketones (excluding diaryl/α,β-unsaturated/α-hetero) is 1. The third-order valence-electron chi connectivity index (χ3n) is 5.53. The molecule has 0 unspecified atom stereocenters. The zero-order valence-electron chi connectivity index (χ0n) is 18.4. The molecule has 33 heavy (non-hydrogen) atoms. The molecule has 0 saturated heterocycles. The van der Waals surface area contributed by atoms with Crippen LogP contribution in [0.2, 0.25) is 0 Å². The number of pyridine rings is 1. The van der Waals surface area contributed by atoms with Gasteiger partial charge in [0.1, 0.15) is 12.1 Å². The first-order valence-corrected chi connectivity index (χ1v) is 10.7. The number of nitrogens with zero attached hydrogens (tertiary/aromatic N) is 6.